The minimum absolute atomic E-state index is 0.00312. The lowest BCUT2D eigenvalue weighted by atomic mass is 9.90. The molecule has 0 aliphatic carbocycles. The Bertz CT molecular complexity index is 1010. The van der Waals surface area contributed by atoms with Gasteiger partial charge in [-0.2, -0.15) is 0 Å². The molecule has 1 aliphatic heterocycles. The van der Waals surface area contributed by atoms with Crippen LogP contribution in [0.4, 0.5) is 10.5 Å². The predicted molar refractivity (Wildman–Crippen MR) is 126 cm³/mol. The summed E-state index contributed by atoms with van der Waals surface area (Å²) in [6.07, 6.45) is 0.600. The van der Waals surface area contributed by atoms with Crippen molar-refractivity contribution in [2.24, 2.45) is 0 Å². The van der Waals surface area contributed by atoms with E-state index < -0.39 is 12.0 Å². The van der Waals surface area contributed by atoms with E-state index in [0.29, 0.717) is 54.1 Å². The van der Waals surface area contributed by atoms with Crippen molar-refractivity contribution in [3.63, 3.8) is 0 Å². The van der Waals surface area contributed by atoms with Crippen LogP contribution in [0.25, 0.3) is 0 Å². The Kier molecular flexibility index (Phi) is 8.27. The Morgan fingerprint density at radius 1 is 1.06 bits per heavy atom. The quantitative estimate of drug-likeness (QED) is 0.548. The molecule has 1 heterocycles. The van der Waals surface area contributed by atoms with Crippen LogP contribution in [0.2, 0.25) is 5.02 Å². The minimum atomic E-state index is -0.540. The molecule has 2 amide bonds. The van der Waals surface area contributed by atoms with Crippen molar-refractivity contribution in [2.75, 3.05) is 39.3 Å². The van der Waals surface area contributed by atoms with Gasteiger partial charge in [-0.15, -0.1) is 0 Å². The zero-order valence-corrected chi connectivity index (χ0v) is 20.0. The maximum atomic E-state index is 13.3. The Morgan fingerprint density at radius 2 is 1.76 bits per heavy atom. The number of anilines is 1. The van der Waals surface area contributed by atoms with Crippen molar-refractivity contribution < 1.29 is 28.5 Å². The molecule has 1 aliphatic rings. The van der Waals surface area contributed by atoms with E-state index in [9.17, 15) is 9.59 Å². The monoisotopic (exact) mass is 476 g/mol. The Balaban J connectivity index is 1.98. The van der Waals surface area contributed by atoms with Crippen LogP contribution in [0.5, 0.6) is 17.2 Å². The molecule has 2 aromatic carbocycles. The first-order valence-electron chi connectivity index (χ1n) is 10.8. The molecular weight excluding hydrogens is 448 g/mol. The molecule has 33 heavy (non-hydrogen) atoms. The number of urea groups is 1. The van der Waals surface area contributed by atoms with E-state index in [0.717, 1.165) is 11.1 Å². The van der Waals surface area contributed by atoms with Crippen molar-refractivity contribution in [1.29, 1.82) is 0 Å². The number of methoxy groups -OCH3 is 2. The van der Waals surface area contributed by atoms with Crippen LogP contribution < -0.4 is 19.5 Å². The van der Waals surface area contributed by atoms with Crippen LogP contribution in [0.3, 0.4) is 0 Å². The number of esters is 1. The average molecular weight is 477 g/mol. The number of carbonyl (C=O) groups excluding carboxylic acids is 2. The van der Waals surface area contributed by atoms with Gasteiger partial charge in [0.25, 0.3) is 0 Å². The maximum Gasteiger partial charge on any atom is 0.322 e. The first-order chi connectivity index (χ1) is 15.9. The Labute approximate surface area is 198 Å². The molecule has 0 aromatic heterocycles. The standard InChI is InChI=1S/C24H29ClN2O6/c1-5-32-21-11-15-9-10-27(24(29)26-18-12-16(25)7-8-20(18)30-3)19(14-23(28)31-4)17(15)13-22(21)33-6-2/h7-8,11-13,19H,5-6,9-10,14H2,1-4H3,(H,26,29)/t19-/m0/s1. The molecule has 0 unspecified atom stereocenters. The summed E-state index contributed by atoms with van der Waals surface area (Å²) in [4.78, 5) is 27.2. The highest BCUT2D eigenvalue weighted by Gasteiger charge is 2.34. The average Bonchev–Trinajstić information content (AvgIpc) is 2.80. The van der Waals surface area contributed by atoms with Gasteiger partial charge in [0.1, 0.15) is 5.75 Å². The fourth-order valence-electron chi connectivity index (χ4n) is 3.92. The van der Waals surface area contributed by atoms with Gasteiger partial charge in [-0.1, -0.05) is 11.6 Å². The highest BCUT2D eigenvalue weighted by atomic mass is 35.5. The molecule has 0 saturated heterocycles. The van der Waals surface area contributed by atoms with Crippen LogP contribution in [-0.4, -0.2) is 50.9 Å². The van der Waals surface area contributed by atoms with Crippen molar-refractivity contribution in [3.8, 4) is 17.2 Å². The molecule has 1 atom stereocenters. The van der Waals surface area contributed by atoms with Gasteiger partial charge < -0.3 is 29.2 Å². The number of nitrogens with one attached hydrogen (secondary N) is 1. The van der Waals surface area contributed by atoms with Crippen molar-refractivity contribution in [1.82, 2.24) is 4.90 Å². The summed E-state index contributed by atoms with van der Waals surface area (Å²) in [6, 6.07) is 7.85. The Morgan fingerprint density at radius 3 is 2.39 bits per heavy atom. The number of ether oxygens (including phenoxy) is 4. The second kappa shape index (κ2) is 11.1. The summed E-state index contributed by atoms with van der Waals surface area (Å²) in [6.45, 7) is 5.16. The number of halogens is 1. The summed E-state index contributed by atoms with van der Waals surface area (Å²) >= 11 is 6.11. The summed E-state index contributed by atoms with van der Waals surface area (Å²) in [5, 5.41) is 3.33. The SMILES string of the molecule is CCOc1cc2c(cc1OCC)[C@H](CC(=O)OC)N(C(=O)Nc1cc(Cl)ccc1OC)CC2. The molecule has 3 rings (SSSR count). The topological polar surface area (TPSA) is 86.3 Å². The molecule has 1 N–H and O–H groups in total. The van der Waals surface area contributed by atoms with Crippen LogP contribution in [-0.2, 0) is 16.0 Å². The van der Waals surface area contributed by atoms with Crippen LogP contribution >= 0.6 is 11.6 Å². The lowest BCUT2D eigenvalue weighted by molar-refractivity contribution is -0.141. The fourth-order valence-corrected chi connectivity index (χ4v) is 4.09. The molecule has 0 bridgehead atoms. The largest absolute Gasteiger partial charge is 0.495 e. The molecule has 0 radical (unpaired) electrons. The highest BCUT2D eigenvalue weighted by molar-refractivity contribution is 6.31. The number of fused-ring (bicyclic) bond motifs is 1. The number of amides is 2. The van der Waals surface area contributed by atoms with Gasteiger partial charge in [-0.05, 0) is 61.7 Å². The number of carbonyl (C=O) groups is 2. The van der Waals surface area contributed by atoms with E-state index in [4.69, 9.17) is 30.5 Å². The lowest BCUT2D eigenvalue weighted by Crippen LogP contribution is -2.43. The highest BCUT2D eigenvalue weighted by Crippen LogP contribution is 2.40. The minimum Gasteiger partial charge on any atom is -0.495 e. The zero-order chi connectivity index (χ0) is 24.0. The van der Waals surface area contributed by atoms with Gasteiger partial charge in [-0.25, -0.2) is 4.79 Å². The van der Waals surface area contributed by atoms with Gasteiger partial charge in [0.2, 0.25) is 0 Å². The summed E-state index contributed by atoms with van der Waals surface area (Å²) in [7, 11) is 2.85. The smallest absolute Gasteiger partial charge is 0.322 e. The third kappa shape index (κ3) is 5.63. The number of nitrogens with zero attached hydrogens (tertiary/aromatic N) is 1. The van der Waals surface area contributed by atoms with E-state index in [1.165, 1.54) is 14.2 Å². The van der Waals surface area contributed by atoms with Gasteiger partial charge in [0.05, 0.1) is 45.6 Å². The number of hydrogen-bond acceptors (Lipinski definition) is 6. The molecule has 9 heteroatoms. The van der Waals surface area contributed by atoms with E-state index >= 15 is 0 Å². The molecule has 0 fully saturated rings. The third-order valence-electron chi connectivity index (χ3n) is 5.41. The normalized spacial score (nSPS) is 14.8. The second-order valence-corrected chi connectivity index (χ2v) is 7.81. The van der Waals surface area contributed by atoms with Gasteiger partial charge in [0, 0.05) is 11.6 Å². The van der Waals surface area contributed by atoms with Crippen molar-refractivity contribution in [2.45, 2.75) is 32.7 Å². The molecule has 0 saturated carbocycles. The van der Waals surface area contributed by atoms with Crippen LogP contribution in [0.15, 0.2) is 30.3 Å². The Hall–Kier alpha value is -3.13. The van der Waals surface area contributed by atoms with Crippen molar-refractivity contribution in [3.05, 3.63) is 46.5 Å². The number of rotatable bonds is 8. The lowest BCUT2D eigenvalue weighted by Gasteiger charge is -2.37. The number of benzene rings is 2. The zero-order valence-electron chi connectivity index (χ0n) is 19.3. The first kappa shape index (κ1) is 24.5. The summed E-state index contributed by atoms with van der Waals surface area (Å²) in [5.74, 6) is 1.29. The molecule has 0 spiro atoms. The van der Waals surface area contributed by atoms with Crippen molar-refractivity contribution >= 4 is 29.3 Å². The first-order valence-corrected chi connectivity index (χ1v) is 11.2. The van der Waals surface area contributed by atoms with E-state index in [1.807, 2.05) is 26.0 Å². The van der Waals surface area contributed by atoms with E-state index in [1.54, 1.807) is 23.1 Å². The maximum absolute atomic E-state index is 13.3. The van der Waals surface area contributed by atoms with E-state index in [-0.39, 0.29) is 12.5 Å². The third-order valence-corrected chi connectivity index (χ3v) is 5.65. The van der Waals surface area contributed by atoms with Gasteiger partial charge in [0.15, 0.2) is 11.5 Å². The molecule has 178 valence electrons. The van der Waals surface area contributed by atoms with E-state index in [2.05, 4.69) is 5.32 Å². The van der Waals surface area contributed by atoms with Crippen LogP contribution in [0.1, 0.15) is 37.4 Å². The van der Waals surface area contributed by atoms with Gasteiger partial charge >= 0.3 is 12.0 Å². The summed E-state index contributed by atoms with van der Waals surface area (Å²) in [5.41, 5.74) is 2.27. The second-order valence-electron chi connectivity index (χ2n) is 7.38. The molecular formula is C24H29ClN2O6. The van der Waals surface area contributed by atoms with Gasteiger partial charge in [-0.3, -0.25) is 4.79 Å². The van der Waals surface area contributed by atoms with Crippen LogP contribution in [0, 0.1) is 0 Å². The fraction of sp³-hybridized carbons (Fsp3) is 0.417. The predicted octanol–water partition coefficient (Wildman–Crippen LogP) is 4.84. The number of hydrogen-bond donors (Lipinski definition) is 1. The summed E-state index contributed by atoms with van der Waals surface area (Å²) < 4.78 is 21.8. The molecule has 2 aromatic rings. The molecule has 8 nitrogen and oxygen atoms in total.